The highest BCUT2D eigenvalue weighted by Gasteiger charge is 2.16. The van der Waals surface area contributed by atoms with Crippen molar-refractivity contribution in [1.29, 1.82) is 0 Å². The van der Waals surface area contributed by atoms with Crippen LogP contribution in [-0.2, 0) is 19.5 Å². The summed E-state index contributed by atoms with van der Waals surface area (Å²) in [4.78, 5) is 15.4. The molecule has 5 rings (SSSR count). The normalized spacial score (nSPS) is 13.4. The Kier molecular flexibility index (Phi) is 5.82. The SMILES string of the molecule is O=C(Nc1ccccc1-c1ccccc1)c1ccc(CN2CCc3ccccc3C2)cc1. The zero-order valence-electron chi connectivity index (χ0n) is 18.0. The highest BCUT2D eigenvalue weighted by molar-refractivity contribution is 6.06. The molecule has 0 atom stereocenters. The van der Waals surface area contributed by atoms with E-state index >= 15 is 0 Å². The smallest absolute Gasteiger partial charge is 0.255 e. The quantitative estimate of drug-likeness (QED) is 0.421. The molecule has 0 aromatic heterocycles. The number of nitrogens with zero attached hydrogens (tertiary/aromatic N) is 1. The summed E-state index contributed by atoms with van der Waals surface area (Å²) in [5, 5.41) is 3.09. The van der Waals surface area contributed by atoms with Gasteiger partial charge in [0.05, 0.1) is 0 Å². The number of hydrogen-bond donors (Lipinski definition) is 1. The van der Waals surface area contributed by atoms with E-state index < -0.39 is 0 Å². The number of anilines is 1. The Bertz CT molecular complexity index is 1220. The van der Waals surface area contributed by atoms with E-state index in [9.17, 15) is 4.79 Å². The first kappa shape index (κ1) is 20.2. The van der Waals surface area contributed by atoms with Crippen LogP contribution in [0.2, 0.25) is 0 Å². The second kappa shape index (κ2) is 9.21. The van der Waals surface area contributed by atoms with Crippen LogP contribution in [0.3, 0.4) is 0 Å². The Morgan fingerprint density at radius 3 is 2.25 bits per heavy atom. The van der Waals surface area contributed by atoms with Gasteiger partial charge in [-0.05, 0) is 46.9 Å². The Morgan fingerprint density at radius 2 is 1.44 bits per heavy atom. The number of hydrogen-bond acceptors (Lipinski definition) is 2. The predicted molar refractivity (Wildman–Crippen MR) is 131 cm³/mol. The lowest BCUT2D eigenvalue weighted by Crippen LogP contribution is -2.29. The summed E-state index contributed by atoms with van der Waals surface area (Å²) in [5.41, 5.74) is 7.70. The van der Waals surface area contributed by atoms with Crippen molar-refractivity contribution in [3.8, 4) is 11.1 Å². The van der Waals surface area contributed by atoms with Crippen LogP contribution in [-0.4, -0.2) is 17.4 Å². The van der Waals surface area contributed by atoms with Crippen LogP contribution >= 0.6 is 0 Å². The molecule has 0 saturated heterocycles. The predicted octanol–water partition coefficient (Wildman–Crippen LogP) is 6.16. The van der Waals surface area contributed by atoms with Crippen LogP contribution in [0, 0.1) is 0 Å². The van der Waals surface area contributed by atoms with E-state index in [1.54, 1.807) is 0 Å². The van der Waals surface area contributed by atoms with Gasteiger partial charge < -0.3 is 5.32 Å². The lowest BCUT2D eigenvalue weighted by molar-refractivity contribution is 0.102. The van der Waals surface area contributed by atoms with Crippen molar-refractivity contribution in [2.24, 2.45) is 0 Å². The fourth-order valence-corrected chi connectivity index (χ4v) is 4.36. The van der Waals surface area contributed by atoms with Crippen LogP contribution in [0.5, 0.6) is 0 Å². The van der Waals surface area contributed by atoms with E-state index in [1.807, 2.05) is 54.6 Å². The maximum absolute atomic E-state index is 12.9. The molecule has 158 valence electrons. The third-order valence-electron chi connectivity index (χ3n) is 6.09. The van der Waals surface area contributed by atoms with E-state index in [4.69, 9.17) is 0 Å². The molecule has 1 aliphatic heterocycles. The van der Waals surface area contributed by atoms with Gasteiger partial charge in [0.2, 0.25) is 0 Å². The molecule has 3 nitrogen and oxygen atoms in total. The standard InChI is InChI=1S/C29H26N2O/c32-29(30-28-13-7-6-12-27(28)24-9-2-1-3-10-24)25-16-14-22(15-17-25)20-31-19-18-23-8-4-5-11-26(23)21-31/h1-17H,18-21H2,(H,30,32). The zero-order chi connectivity index (χ0) is 21.8. The van der Waals surface area contributed by atoms with Crippen molar-refractivity contribution in [3.63, 3.8) is 0 Å². The van der Waals surface area contributed by atoms with Gasteiger partial charge in [0.1, 0.15) is 0 Å². The van der Waals surface area contributed by atoms with Crippen molar-refractivity contribution in [2.45, 2.75) is 19.5 Å². The zero-order valence-corrected chi connectivity index (χ0v) is 18.0. The average Bonchev–Trinajstić information content (AvgIpc) is 2.85. The van der Waals surface area contributed by atoms with Gasteiger partial charge in [-0.1, -0.05) is 84.9 Å². The molecule has 0 saturated carbocycles. The van der Waals surface area contributed by atoms with Gasteiger partial charge in [-0.3, -0.25) is 9.69 Å². The minimum absolute atomic E-state index is 0.0909. The monoisotopic (exact) mass is 418 g/mol. The van der Waals surface area contributed by atoms with Gasteiger partial charge in [-0.25, -0.2) is 0 Å². The van der Waals surface area contributed by atoms with Gasteiger partial charge in [0.15, 0.2) is 0 Å². The number of amides is 1. The number of rotatable bonds is 5. The molecule has 4 aromatic rings. The summed E-state index contributed by atoms with van der Waals surface area (Å²) in [5.74, 6) is -0.0909. The van der Waals surface area contributed by atoms with Crippen LogP contribution in [0.1, 0.15) is 27.0 Å². The Labute approximate surface area is 189 Å². The lowest BCUT2D eigenvalue weighted by Gasteiger charge is -2.28. The van der Waals surface area contributed by atoms with Crippen LogP contribution in [0.15, 0.2) is 103 Å². The highest BCUT2D eigenvalue weighted by atomic mass is 16.1. The summed E-state index contributed by atoms with van der Waals surface area (Å²) < 4.78 is 0. The minimum atomic E-state index is -0.0909. The molecule has 0 radical (unpaired) electrons. The first-order valence-corrected chi connectivity index (χ1v) is 11.1. The topological polar surface area (TPSA) is 32.3 Å². The van der Waals surface area contributed by atoms with Crippen LogP contribution < -0.4 is 5.32 Å². The minimum Gasteiger partial charge on any atom is -0.321 e. The molecule has 3 heteroatoms. The maximum Gasteiger partial charge on any atom is 0.255 e. The van der Waals surface area contributed by atoms with Gasteiger partial charge in [-0.15, -0.1) is 0 Å². The Hall–Kier alpha value is -3.69. The molecule has 0 aliphatic carbocycles. The van der Waals surface area contributed by atoms with E-state index in [0.717, 1.165) is 42.9 Å². The third kappa shape index (κ3) is 4.48. The Morgan fingerprint density at radius 1 is 0.750 bits per heavy atom. The second-order valence-corrected chi connectivity index (χ2v) is 8.29. The molecular weight excluding hydrogens is 392 g/mol. The number of para-hydroxylation sites is 1. The molecule has 4 aromatic carbocycles. The summed E-state index contributed by atoms with van der Waals surface area (Å²) in [7, 11) is 0. The molecule has 0 spiro atoms. The molecular formula is C29H26N2O. The summed E-state index contributed by atoms with van der Waals surface area (Å²) in [6, 6.07) is 34.7. The van der Waals surface area contributed by atoms with Crippen molar-refractivity contribution >= 4 is 11.6 Å². The molecule has 1 N–H and O–H groups in total. The second-order valence-electron chi connectivity index (χ2n) is 8.29. The molecule has 1 heterocycles. The van der Waals surface area contributed by atoms with E-state index in [-0.39, 0.29) is 5.91 Å². The summed E-state index contributed by atoms with van der Waals surface area (Å²) >= 11 is 0. The summed E-state index contributed by atoms with van der Waals surface area (Å²) in [6.07, 6.45) is 1.09. The molecule has 0 unspecified atom stereocenters. The highest BCUT2D eigenvalue weighted by Crippen LogP contribution is 2.28. The molecule has 1 aliphatic rings. The number of nitrogens with one attached hydrogen (secondary N) is 1. The van der Waals surface area contributed by atoms with E-state index in [2.05, 4.69) is 58.7 Å². The lowest BCUT2D eigenvalue weighted by atomic mass is 9.99. The van der Waals surface area contributed by atoms with Crippen molar-refractivity contribution in [3.05, 3.63) is 125 Å². The van der Waals surface area contributed by atoms with Gasteiger partial charge in [-0.2, -0.15) is 0 Å². The molecule has 0 fully saturated rings. The fraction of sp³-hybridized carbons (Fsp3) is 0.138. The molecule has 0 bridgehead atoms. The van der Waals surface area contributed by atoms with Crippen LogP contribution in [0.25, 0.3) is 11.1 Å². The van der Waals surface area contributed by atoms with E-state index in [1.165, 1.54) is 16.7 Å². The first-order valence-electron chi connectivity index (χ1n) is 11.1. The number of benzene rings is 4. The average molecular weight is 419 g/mol. The van der Waals surface area contributed by atoms with Gasteiger partial charge >= 0.3 is 0 Å². The number of carbonyl (C=O) groups is 1. The molecule has 1 amide bonds. The van der Waals surface area contributed by atoms with Crippen molar-refractivity contribution in [1.82, 2.24) is 4.90 Å². The van der Waals surface area contributed by atoms with Crippen molar-refractivity contribution in [2.75, 3.05) is 11.9 Å². The third-order valence-corrected chi connectivity index (χ3v) is 6.09. The largest absolute Gasteiger partial charge is 0.321 e. The van der Waals surface area contributed by atoms with Gasteiger partial charge in [0.25, 0.3) is 5.91 Å². The first-order chi connectivity index (χ1) is 15.8. The van der Waals surface area contributed by atoms with Gasteiger partial charge in [0, 0.05) is 36.4 Å². The van der Waals surface area contributed by atoms with E-state index in [0.29, 0.717) is 5.56 Å². The Balaban J connectivity index is 1.26. The van der Waals surface area contributed by atoms with Crippen molar-refractivity contribution < 1.29 is 4.79 Å². The fourth-order valence-electron chi connectivity index (χ4n) is 4.36. The number of carbonyl (C=O) groups excluding carboxylic acids is 1. The van der Waals surface area contributed by atoms with Crippen LogP contribution in [0.4, 0.5) is 5.69 Å². The maximum atomic E-state index is 12.9. The molecule has 32 heavy (non-hydrogen) atoms. The summed E-state index contributed by atoms with van der Waals surface area (Å²) in [6.45, 7) is 2.94. The number of fused-ring (bicyclic) bond motifs is 1.